The molecular formula is C20H34O. The van der Waals surface area contributed by atoms with Crippen LogP contribution >= 0.6 is 0 Å². The van der Waals surface area contributed by atoms with Crippen LogP contribution in [0.4, 0.5) is 0 Å². The van der Waals surface area contributed by atoms with E-state index in [1.54, 1.807) is 6.08 Å². The van der Waals surface area contributed by atoms with Gasteiger partial charge in [0.05, 0.1) is 5.60 Å². The van der Waals surface area contributed by atoms with E-state index in [1.165, 1.54) is 16.7 Å². The first kappa shape index (κ1) is 19.9. The molecule has 0 aromatic rings. The SMILES string of the molecule is C=C[C@](C)(O)CC/C=C(/C)CC/C=C(/C)CCC=C(C)C. The van der Waals surface area contributed by atoms with Crippen LogP contribution in [0.2, 0.25) is 0 Å². The van der Waals surface area contributed by atoms with Crippen molar-refractivity contribution in [3.63, 3.8) is 0 Å². The number of rotatable bonds is 10. The fourth-order valence-electron chi connectivity index (χ4n) is 2.05. The Balaban J connectivity index is 3.99. The summed E-state index contributed by atoms with van der Waals surface area (Å²) in [5.41, 5.74) is 3.55. The quantitative estimate of drug-likeness (QED) is 0.480. The van der Waals surface area contributed by atoms with Crippen LogP contribution in [0.15, 0.2) is 47.6 Å². The zero-order valence-electron chi connectivity index (χ0n) is 14.7. The molecule has 0 saturated carbocycles. The Morgan fingerprint density at radius 2 is 1.38 bits per heavy atom. The van der Waals surface area contributed by atoms with Gasteiger partial charge in [0.25, 0.3) is 0 Å². The van der Waals surface area contributed by atoms with Crippen molar-refractivity contribution in [3.8, 4) is 0 Å². The highest BCUT2D eigenvalue weighted by molar-refractivity contribution is 5.06. The van der Waals surface area contributed by atoms with Gasteiger partial charge in [-0.3, -0.25) is 0 Å². The summed E-state index contributed by atoms with van der Waals surface area (Å²) in [5.74, 6) is 0. The van der Waals surface area contributed by atoms with Crippen LogP contribution in [0, 0.1) is 0 Å². The molecule has 0 radical (unpaired) electrons. The van der Waals surface area contributed by atoms with Crippen molar-refractivity contribution in [1.29, 1.82) is 0 Å². The second-order valence-corrected chi connectivity index (χ2v) is 6.56. The third-order valence-electron chi connectivity index (χ3n) is 3.71. The first-order chi connectivity index (χ1) is 9.76. The third kappa shape index (κ3) is 12.4. The van der Waals surface area contributed by atoms with E-state index in [0.717, 1.165) is 38.5 Å². The lowest BCUT2D eigenvalue weighted by atomic mass is 9.99. The lowest BCUT2D eigenvalue weighted by molar-refractivity contribution is 0.103. The lowest BCUT2D eigenvalue weighted by Gasteiger charge is -2.16. The monoisotopic (exact) mass is 290 g/mol. The Hall–Kier alpha value is -1.08. The molecule has 0 aliphatic rings. The van der Waals surface area contributed by atoms with Gasteiger partial charge in [-0.1, -0.05) is 41.0 Å². The zero-order valence-corrected chi connectivity index (χ0v) is 14.7. The van der Waals surface area contributed by atoms with Gasteiger partial charge >= 0.3 is 0 Å². The molecule has 1 N–H and O–H groups in total. The Labute approximate surface area is 132 Å². The van der Waals surface area contributed by atoms with Gasteiger partial charge in [-0.15, -0.1) is 6.58 Å². The highest BCUT2D eigenvalue weighted by Crippen LogP contribution is 2.16. The molecule has 0 rings (SSSR count). The molecule has 0 unspecified atom stereocenters. The van der Waals surface area contributed by atoms with Crippen molar-refractivity contribution in [2.75, 3.05) is 0 Å². The molecule has 1 nitrogen and oxygen atoms in total. The minimum absolute atomic E-state index is 0.738. The summed E-state index contributed by atoms with van der Waals surface area (Å²) in [6, 6.07) is 0. The maximum atomic E-state index is 9.84. The van der Waals surface area contributed by atoms with Gasteiger partial charge in [0.2, 0.25) is 0 Å². The Morgan fingerprint density at radius 3 is 1.86 bits per heavy atom. The Kier molecular flexibility index (Phi) is 10.1. The van der Waals surface area contributed by atoms with Crippen LogP contribution in [-0.2, 0) is 0 Å². The van der Waals surface area contributed by atoms with Gasteiger partial charge in [0.15, 0.2) is 0 Å². The van der Waals surface area contributed by atoms with Crippen LogP contribution in [-0.4, -0.2) is 10.7 Å². The van der Waals surface area contributed by atoms with Crippen LogP contribution in [0.25, 0.3) is 0 Å². The predicted octanol–water partition coefficient (Wildman–Crippen LogP) is 6.12. The first-order valence-corrected chi connectivity index (χ1v) is 8.07. The van der Waals surface area contributed by atoms with Crippen molar-refractivity contribution in [2.24, 2.45) is 0 Å². The molecule has 0 saturated heterocycles. The molecule has 1 atom stereocenters. The second-order valence-electron chi connectivity index (χ2n) is 6.56. The first-order valence-electron chi connectivity index (χ1n) is 8.07. The van der Waals surface area contributed by atoms with Gasteiger partial charge in [-0.05, 0) is 73.1 Å². The molecular weight excluding hydrogens is 256 g/mol. The summed E-state index contributed by atoms with van der Waals surface area (Å²) >= 11 is 0. The van der Waals surface area contributed by atoms with E-state index in [0.29, 0.717) is 0 Å². The second kappa shape index (κ2) is 10.6. The largest absolute Gasteiger partial charge is 0.386 e. The number of allylic oxidation sites excluding steroid dienone is 6. The Morgan fingerprint density at radius 1 is 0.905 bits per heavy atom. The van der Waals surface area contributed by atoms with Crippen LogP contribution in [0.3, 0.4) is 0 Å². The van der Waals surface area contributed by atoms with Gasteiger partial charge < -0.3 is 5.11 Å². The van der Waals surface area contributed by atoms with E-state index in [-0.39, 0.29) is 0 Å². The summed E-state index contributed by atoms with van der Waals surface area (Å²) in [6.45, 7) is 14.2. The molecule has 0 aromatic heterocycles. The van der Waals surface area contributed by atoms with Crippen molar-refractivity contribution >= 4 is 0 Å². The number of hydrogen-bond donors (Lipinski definition) is 1. The standard InChI is InChI=1S/C20H34O/c1-7-20(6,21)16-10-15-19(5)14-9-13-18(4)12-8-11-17(2)3/h7,11,13,15,21H,1,8-10,12,14,16H2,2-6H3/b18-13-,19-15-/t20-/m0/s1. The zero-order chi connectivity index (χ0) is 16.3. The maximum absolute atomic E-state index is 9.84. The molecule has 0 spiro atoms. The number of aliphatic hydroxyl groups is 1. The number of hydrogen-bond acceptors (Lipinski definition) is 1. The predicted molar refractivity (Wildman–Crippen MR) is 95.5 cm³/mol. The molecule has 0 aliphatic carbocycles. The van der Waals surface area contributed by atoms with E-state index in [1.807, 2.05) is 6.92 Å². The van der Waals surface area contributed by atoms with E-state index in [4.69, 9.17) is 0 Å². The minimum Gasteiger partial charge on any atom is -0.386 e. The normalized spacial score (nSPS) is 15.5. The fraction of sp³-hybridized carbons (Fsp3) is 0.600. The molecule has 0 amide bonds. The molecule has 0 heterocycles. The van der Waals surface area contributed by atoms with Crippen LogP contribution < -0.4 is 0 Å². The van der Waals surface area contributed by atoms with Crippen molar-refractivity contribution < 1.29 is 5.11 Å². The van der Waals surface area contributed by atoms with E-state index < -0.39 is 5.60 Å². The van der Waals surface area contributed by atoms with Gasteiger partial charge in [-0.25, -0.2) is 0 Å². The summed E-state index contributed by atoms with van der Waals surface area (Å²) in [5, 5.41) is 9.84. The highest BCUT2D eigenvalue weighted by atomic mass is 16.3. The van der Waals surface area contributed by atoms with E-state index in [9.17, 15) is 5.11 Å². The highest BCUT2D eigenvalue weighted by Gasteiger charge is 2.13. The van der Waals surface area contributed by atoms with Crippen molar-refractivity contribution in [1.82, 2.24) is 0 Å². The van der Waals surface area contributed by atoms with Gasteiger partial charge in [0, 0.05) is 0 Å². The van der Waals surface area contributed by atoms with Crippen molar-refractivity contribution in [2.45, 2.75) is 78.7 Å². The van der Waals surface area contributed by atoms with Crippen LogP contribution in [0.5, 0.6) is 0 Å². The average Bonchev–Trinajstić information content (AvgIpc) is 2.38. The lowest BCUT2D eigenvalue weighted by Crippen LogP contribution is -2.19. The van der Waals surface area contributed by atoms with Gasteiger partial charge in [0.1, 0.15) is 0 Å². The molecule has 0 aliphatic heterocycles. The molecule has 0 fully saturated rings. The smallest absolute Gasteiger partial charge is 0.0800 e. The summed E-state index contributed by atoms with van der Waals surface area (Å²) in [6.07, 6.45) is 14.7. The van der Waals surface area contributed by atoms with E-state index >= 15 is 0 Å². The fourth-order valence-corrected chi connectivity index (χ4v) is 2.05. The Bertz CT molecular complexity index is 390. The minimum atomic E-state index is -0.738. The van der Waals surface area contributed by atoms with Crippen molar-refractivity contribution in [3.05, 3.63) is 47.6 Å². The summed E-state index contributed by atoms with van der Waals surface area (Å²) in [7, 11) is 0. The summed E-state index contributed by atoms with van der Waals surface area (Å²) < 4.78 is 0. The maximum Gasteiger partial charge on any atom is 0.0800 e. The van der Waals surface area contributed by atoms with Crippen LogP contribution in [0.1, 0.15) is 73.1 Å². The average molecular weight is 290 g/mol. The third-order valence-corrected chi connectivity index (χ3v) is 3.71. The molecule has 0 aromatic carbocycles. The molecule has 1 heteroatoms. The molecule has 21 heavy (non-hydrogen) atoms. The molecule has 120 valence electrons. The van der Waals surface area contributed by atoms with E-state index in [2.05, 4.69) is 52.5 Å². The summed E-state index contributed by atoms with van der Waals surface area (Å²) in [4.78, 5) is 0. The van der Waals surface area contributed by atoms with Gasteiger partial charge in [-0.2, -0.15) is 0 Å². The topological polar surface area (TPSA) is 20.2 Å². The molecule has 0 bridgehead atoms.